The predicted molar refractivity (Wildman–Crippen MR) is 46.8 cm³/mol. The Morgan fingerprint density at radius 1 is 1.25 bits per heavy atom. The normalized spacial score (nSPS) is 16.1. The third kappa shape index (κ3) is 3.70. The molecule has 12 heavy (non-hydrogen) atoms. The summed E-state index contributed by atoms with van der Waals surface area (Å²) in [5.41, 5.74) is 0. The maximum absolute atomic E-state index is 12.8. The van der Waals surface area contributed by atoms with Crippen LogP contribution in [0.4, 0.5) is 12.6 Å². The molecular formula is C6H16F3N2P. The van der Waals surface area contributed by atoms with Crippen LogP contribution in [0.2, 0.25) is 0 Å². The third-order valence-electron chi connectivity index (χ3n) is 1.55. The van der Waals surface area contributed by atoms with E-state index in [1.54, 1.807) is 5.09 Å². The molecule has 0 fully saturated rings. The van der Waals surface area contributed by atoms with Crippen LogP contribution in [0.15, 0.2) is 0 Å². The summed E-state index contributed by atoms with van der Waals surface area (Å²) < 4.78 is 38.9. The topological polar surface area (TPSA) is 15.3 Å². The molecule has 0 saturated carbocycles. The van der Waals surface area contributed by atoms with E-state index in [1.165, 1.54) is 0 Å². The Balaban J connectivity index is 4.00. The fourth-order valence-electron chi connectivity index (χ4n) is 0.574. The van der Waals surface area contributed by atoms with Gasteiger partial charge in [0.05, 0.1) is 0 Å². The summed E-state index contributed by atoms with van der Waals surface area (Å²) >= 11 is 0. The number of hydrogen-bond acceptors (Lipinski definition) is 2. The van der Waals surface area contributed by atoms with Gasteiger partial charge in [-0.2, -0.15) is 0 Å². The predicted octanol–water partition coefficient (Wildman–Crippen LogP) is 2.97. The van der Waals surface area contributed by atoms with Gasteiger partial charge in [-0.3, -0.25) is 0 Å². The molecule has 0 amide bonds. The zero-order valence-electron chi connectivity index (χ0n) is 7.65. The van der Waals surface area contributed by atoms with E-state index in [-0.39, 0.29) is 6.54 Å². The molecule has 1 N–H and O–H groups in total. The summed E-state index contributed by atoms with van der Waals surface area (Å²) in [4.78, 5) is 0. The van der Waals surface area contributed by atoms with Gasteiger partial charge < -0.3 is 0 Å². The second-order valence-corrected chi connectivity index (χ2v) is 5.54. The Bertz CT molecular complexity index is 143. The Kier molecular flexibility index (Phi) is 3.94. The summed E-state index contributed by atoms with van der Waals surface area (Å²) in [6, 6.07) is 0. The molecule has 0 aliphatic heterocycles. The van der Waals surface area contributed by atoms with Crippen LogP contribution < -0.4 is 5.09 Å². The van der Waals surface area contributed by atoms with Gasteiger partial charge in [-0.15, -0.1) is 0 Å². The van der Waals surface area contributed by atoms with Crippen molar-refractivity contribution in [2.45, 2.75) is 19.8 Å². The first-order chi connectivity index (χ1) is 5.28. The fraction of sp³-hybridized carbons (Fsp3) is 1.00. The van der Waals surface area contributed by atoms with Crippen molar-refractivity contribution in [1.29, 1.82) is 0 Å². The summed E-state index contributed by atoms with van der Waals surface area (Å²) in [7, 11) is -4.12. The van der Waals surface area contributed by atoms with Gasteiger partial charge in [0, 0.05) is 0 Å². The Morgan fingerprint density at radius 2 is 1.75 bits per heavy atom. The van der Waals surface area contributed by atoms with E-state index in [4.69, 9.17) is 0 Å². The summed E-state index contributed by atoms with van der Waals surface area (Å²) in [5, 5.41) is 1.69. The monoisotopic (exact) mass is 204 g/mol. The van der Waals surface area contributed by atoms with Crippen molar-refractivity contribution in [3.05, 3.63) is 0 Å². The van der Waals surface area contributed by atoms with Crippen LogP contribution >= 0.6 is 7.84 Å². The van der Waals surface area contributed by atoms with Gasteiger partial charge in [-0.05, 0) is 0 Å². The van der Waals surface area contributed by atoms with Crippen LogP contribution in [0.1, 0.15) is 19.8 Å². The number of hydrogen-bond donors (Lipinski definition) is 1. The van der Waals surface area contributed by atoms with Crippen molar-refractivity contribution in [3.8, 4) is 0 Å². The molecule has 0 aromatic rings. The van der Waals surface area contributed by atoms with Gasteiger partial charge in [0.1, 0.15) is 0 Å². The first-order valence-corrected chi connectivity index (χ1v) is 5.75. The van der Waals surface area contributed by atoms with Gasteiger partial charge in [-0.1, -0.05) is 0 Å². The van der Waals surface area contributed by atoms with Crippen molar-refractivity contribution >= 4 is 7.84 Å². The minimum atomic E-state index is -6.20. The molecule has 0 heterocycles. The van der Waals surface area contributed by atoms with E-state index >= 15 is 0 Å². The van der Waals surface area contributed by atoms with Crippen LogP contribution in [0.25, 0.3) is 0 Å². The molecule has 0 aromatic carbocycles. The van der Waals surface area contributed by atoms with E-state index in [2.05, 4.69) is 0 Å². The van der Waals surface area contributed by atoms with Gasteiger partial charge in [-0.25, -0.2) is 0 Å². The van der Waals surface area contributed by atoms with Gasteiger partial charge >= 0.3 is 70.6 Å². The maximum atomic E-state index is 12.8. The molecule has 0 spiro atoms. The molecule has 0 aliphatic rings. The van der Waals surface area contributed by atoms with Gasteiger partial charge in [0.15, 0.2) is 0 Å². The molecule has 0 rings (SSSR count). The van der Waals surface area contributed by atoms with E-state index < -0.39 is 7.84 Å². The van der Waals surface area contributed by atoms with Crippen molar-refractivity contribution in [1.82, 2.24) is 9.76 Å². The zero-order chi connectivity index (χ0) is 9.85. The number of nitrogens with zero attached hydrogens (tertiary/aromatic N) is 1. The fourth-order valence-corrected chi connectivity index (χ4v) is 1.37. The first kappa shape index (κ1) is 12.1. The molecule has 0 unspecified atom stereocenters. The van der Waals surface area contributed by atoms with E-state index in [1.807, 2.05) is 6.92 Å². The first-order valence-electron chi connectivity index (χ1n) is 3.89. The van der Waals surface area contributed by atoms with E-state index in [0.717, 1.165) is 20.5 Å². The van der Waals surface area contributed by atoms with Crippen LogP contribution in [-0.4, -0.2) is 25.3 Å². The third-order valence-corrected chi connectivity index (χ3v) is 3.58. The second kappa shape index (κ2) is 3.90. The number of nitrogens with one attached hydrogen (secondary N) is 1. The Labute approximate surface area is 71.5 Å². The van der Waals surface area contributed by atoms with Crippen molar-refractivity contribution < 1.29 is 12.6 Å². The molecular weight excluding hydrogens is 188 g/mol. The molecule has 0 atom stereocenters. The Hall–Kier alpha value is 0.140. The van der Waals surface area contributed by atoms with Gasteiger partial charge in [0.2, 0.25) is 0 Å². The van der Waals surface area contributed by atoms with Crippen molar-refractivity contribution in [2.24, 2.45) is 0 Å². The number of rotatable bonds is 5. The SMILES string of the molecule is CCCCNP(F)(F)(F)N(C)C. The quantitative estimate of drug-likeness (QED) is 0.547. The van der Waals surface area contributed by atoms with Crippen LogP contribution in [0, 0.1) is 0 Å². The van der Waals surface area contributed by atoms with Crippen molar-refractivity contribution in [3.63, 3.8) is 0 Å². The zero-order valence-corrected chi connectivity index (χ0v) is 8.54. The van der Waals surface area contributed by atoms with Crippen LogP contribution in [0.3, 0.4) is 0 Å². The average Bonchev–Trinajstić information content (AvgIpc) is 1.86. The van der Waals surface area contributed by atoms with E-state index in [9.17, 15) is 12.6 Å². The number of unbranched alkanes of at least 4 members (excludes halogenated alkanes) is 1. The molecule has 0 aromatic heterocycles. The Morgan fingerprint density at radius 3 is 2.08 bits per heavy atom. The van der Waals surface area contributed by atoms with Gasteiger partial charge in [0.25, 0.3) is 0 Å². The number of halogens is 3. The molecule has 6 heteroatoms. The standard InChI is InChI=1S/C6H16F3N2P/c1-4-5-6-10-12(7,8,9)11(2)3/h10H,4-6H2,1-3H3. The van der Waals surface area contributed by atoms with Crippen LogP contribution in [0.5, 0.6) is 0 Å². The summed E-state index contributed by atoms with van der Waals surface area (Å²) in [6.07, 6.45) is 1.33. The molecule has 0 saturated heterocycles. The average molecular weight is 204 g/mol. The van der Waals surface area contributed by atoms with E-state index in [0.29, 0.717) is 11.1 Å². The molecule has 0 radical (unpaired) electrons. The van der Waals surface area contributed by atoms with Crippen molar-refractivity contribution in [2.75, 3.05) is 20.6 Å². The van der Waals surface area contributed by atoms with Crippen LogP contribution in [-0.2, 0) is 0 Å². The molecule has 2 nitrogen and oxygen atoms in total. The minimum absolute atomic E-state index is 0.0238. The summed E-state index contributed by atoms with van der Waals surface area (Å²) in [6.45, 7) is 1.89. The summed E-state index contributed by atoms with van der Waals surface area (Å²) in [5.74, 6) is 0. The molecule has 76 valence electrons. The second-order valence-electron chi connectivity index (χ2n) is 2.88. The molecule has 0 aliphatic carbocycles. The molecule has 0 bridgehead atoms.